The van der Waals surface area contributed by atoms with Crippen molar-refractivity contribution in [3.8, 4) is 0 Å². The molecule has 0 aromatic rings. The lowest BCUT2D eigenvalue weighted by Gasteiger charge is -2.28. The molecule has 0 atom stereocenters. The van der Waals surface area contributed by atoms with Gasteiger partial charge in [-0.05, 0) is 81.9 Å². The standard InChI is InChI=1S/C41H78NO2/c1-5-8-11-13-15-17-19-21-23-25-27-29-31-33-35-37-40-43-42(4,39-10-7-3)44-41-38-36-34-32-30-28-26-24-22-20-18-16-14-12-9-6-2/h15-18,21-24H,5-14,19-20,25-41H2,1-4H3/q+1/b17-15-,18-16-,23-21-,24-22-. The van der Waals surface area contributed by atoms with Crippen LogP contribution in [0.25, 0.3) is 0 Å². The fourth-order valence-corrected chi connectivity index (χ4v) is 5.31. The van der Waals surface area contributed by atoms with Crippen molar-refractivity contribution >= 4 is 0 Å². The molecule has 0 radical (unpaired) electrons. The number of quaternary nitrogens is 1. The Labute approximate surface area is 277 Å². The van der Waals surface area contributed by atoms with Crippen LogP contribution >= 0.6 is 0 Å². The van der Waals surface area contributed by atoms with Gasteiger partial charge in [-0.3, -0.25) is 0 Å². The van der Waals surface area contributed by atoms with Gasteiger partial charge in [-0.25, -0.2) is 0 Å². The first-order valence-corrected chi connectivity index (χ1v) is 19.4. The molecule has 0 N–H and O–H groups in total. The average Bonchev–Trinajstić information content (AvgIpc) is 3.03. The molecule has 0 rings (SSSR count). The SMILES string of the molecule is CCCCC/C=C\C/C=C\CCCCCCCCO[N+](C)(CCCC)OCCCCCCCC/C=C\C/C=C\CCCCC. The van der Waals surface area contributed by atoms with Gasteiger partial charge in [-0.2, -0.15) is 9.68 Å². The molecule has 0 aromatic carbocycles. The summed E-state index contributed by atoms with van der Waals surface area (Å²) in [6.07, 6.45) is 51.7. The maximum atomic E-state index is 6.27. The lowest BCUT2D eigenvalue weighted by Crippen LogP contribution is -2.45. The second-order valence-corrected chi connectivity index (χ2v) is 12.9. The molecule has 0 bridgehead atoms. The van der Waals surface area contributed by atoms with Crippen LogP contribution in [-0.4, -0.2) is 31.6 Å². The molecule has 0 spiro atoms. The summed E-state index contributed by atoms with van der Waals surface area (Å²) < 4.78 is 0. The molecular formula is C41H78NO2+. The van der Waals surface area contributed by atoms with Crippen LogP contribution in [0.4, 0.5) is 0 Å². The smallest absolute Gasteiger partial charge is 0.142 e. The number of hydrogen-bond donors (Lipinski definition) is 0. The molecule has 0 unspecified atom stereocenters. The molecule has 0 heterocycles. The Morgan fingerprint density at radius 2 is 0.682 bits per heavy atom. The Hall–Kier alpha value is -1.16. The van der Waals surface area contributed by atoms with Gasteiger partial charge in [-0.1, -0.05) is 153 Å². The highest BCUT2D eigenvalue weighted by Crippen LogP contribution is 2.14. The highest BCUT2D eigenvalue weighted by molar-refractivity contribution is 4.93. The predicted octanol–water partition coefficient (Wildman–Crippen LogP) is 13.7. The molecule has 3 nitrogen and oxygen atoms in total. The molecule has 0 aromatic heterocycles. The highest BCUT2D eigenvalue weighted by Gasteiger charge is 2.25. The molecule has 0 saturated carbocycles. The summed E-state index contributed by atoms with van der Waals surface area (Å²) in [4.78, 5) is 12.9. The van der Waals surface area contributed by atoms with Crippen LogP contribution in [-0.2, 0) is 9.68 Å². The minimum Gasteiger partial charge on any atom is -0.168 e. The van der Waals surface area contributed by atoms with E-state index in [2.05, 4.69) is 76.4 Å². The maximum absolute atomic E-state index is 6.27. The Kier molecular flexibility index (Phi) is 35.4. The monoisotopic (exact) mass is 617 g/mol. The van der Waals surface area contributed by atoms with Crippen molar-refractivity contribution in [1.29, 1.82) is 0 Å². The third-order valence-electron chi connectivity index (χ3n) is 8.34. The van der Waals surface area contributed by atoms with E-state index in [9.17, 15) is 0 Å². The zero-order valence-electron chi connectivity index (χ0n) is 30.4. The number of unbranched alkanes of at least 4 members (excludes halogenated alkanes) is 19. The zero-order valence-corrected chi connectivity index (χ0v) is 30.4. The van der Waals surface area contributed by atoms with Crippen LogP contribution in [0, 0.1) is 0 Å². The molecule has 258 valence electrons. The fraction of sp³-hybridized carbons (Fsp3) is 0.805. The van der Waals surface area contributed by atoms with Gasteiger partial charge in [-0.15, -0.1) is 0 Å². The van der Waals surface area contributed by atoms with Gasteiger partial charge >= 0.3 is 0 Å². The molecular weight excluding hydrogens is 538 g/mol. The maximum Gasteiger partial charge on any atom is 0.142 e. The molecule has 44 heavy (non-hydrogen) atoms. The number of rotatable bonds is 35. The summed E-state index contributed by atoms with van der Waals surface area (Å²) in [5, 5.41) is 0. The normalized spacial score (nSPS) is 12.7. The van der Waals surface area contributed by atoms with Crippen molar-refractivity contribution in [2.75, 3.05) is 26.8 Å². The van der Waals surface area contributed by atoms with E-state index in [-0.39, 0.29) is 0 Å². The van der Waals surface area contributed by atoms with E-state index < -0.39 is 0 Å². The van der Waals surface area contributed by atoms with E-state index in [4.69, 9.17) is 9.68 Å². The molecule has 0 amide bonds. The van der Waals surface area contributed by atoms with E-state index in [0.717, 1.165) is 51.9 Å². The van der Waals surface area contributed by atoms with Gasteiger partial charge in [0.15, 0.2) is 0 Å². The lowest BCUT2D eigenvalue weighted by molar-refractivity contribution is -1.23. The van der Waals surface area contributed by atoms with Gasteiger partial charge in [0.25, 0.3) is 0 Å². The van der Waals surface area contributed by atoms with Gasteiger partial charge in [0.2, 0.25) is 0 Å². The second-order valence-electron chi connectivity index (χ2n) is 12.9. The Balaban J connectivity index is 3.71. The first-order valence-electron chi connectivity index (χ1n) is 19.4. The molecule has 0 aliphatic rings. The van der Waals surface area contributed by atoms with Crippen LogP contribution in [0.15, 0.2) is 48.6 Å². The van der Waals surface area contributed by atoms with E-state index in [1.165, 1.54) is 135 Å². The van der Waals surface area contributed by atoms with Gasteiger partial charge in [0, 0.05) is 6.42 Å². The summed E-state index contributed by atoms with van der Waals surface area (Å²) in [5.74, 6) is 0. The summed E-state index contributed by atoms with van der Waals surface area (Å²) >= 11 is 0. The molecule has 0 aliphatic carbocycles. The third kappa shape index (κ3) is 33.7. The fourth-order valence-electron chi connectivity index (χ4n) is 5.31. The molecule has 0 aliphatic heterocycles. The first-order chi connectivity index (χ1) is 21.7. The van der Waals surface area contributed by atoms with Crippen LogP contribution < -0.4 is 0 Å². The average molecular weight is 617 g/mol. The van der Waals surface area contributed by atoms with E-state index in [1.54, 1.807) is 0 Å². The number of nitrogens with zero attached hydrogens (tertiary/aromatic N) is 1. The minimum absolute atomic E-state index is 0.328. The quantitative estimate of drug-likeness (QED) is 0.0305. The summed E-state index contributed by atoms with van der Waals surface area (Å²) in [5.41, 5.74) is 0. The van der Waals surface area contributed by atoms with Crippen molar-refractivity contribution in [3.63, 3.8) is 0 Å². The summed E-state index contributed by atoms with van der Waals surface area (Å²) in [6, 6.07) is 0. The highest BCUT2D eigenvalue weighted by atomic mass is 17.0. The van der Waals surface area contributed by atoms with Crippen molar-refractivity contribution in [2.24, 2.45) is 0 Å². The van der Waals surface area contributed by atoms with E-state index in [1.807, 2.05) is 0 Å². The third-order valence-corrected chi connectivity index (χ3v) is 8.34. The Morgan fingerprint density at radius 3 is 1.05 bits per heavy atom. The van der Waals surface area contributed by atoms with Gasteiger partial charge < -0.3 is 0 Å². The van der Waals surface area contributed by atoms with Crippen LogP contribution in [0.2, 0.25) is 0 Å². The van der Waals surface area contributed by atoms with Gasteiger partial charge in [0.05, 0.1) is 0 Å². The summed E-state index contributed by atoms with van der Waals surface area (Å²) in [6.45, 7) is 9.33. The van der Waals surface area contributed by atoms with E-state index in [0.29, 0.717) is 4.81 Å². The van der Waals surface area contributed by atoms with Crippen molar-refractivity contribution < 1.29 is 14.5 Å². The molecule has 3 heteroatoms. The largest absolute Gasteiger partial charge is 0.168 e. The number of hydrogen-bond acceptors (Lipinski definition) is 2. The zero-order chi connectivity index (χ0) is 32.1. The van der Waals surface area contributed by atoms with E-state index >= 15 is 0 Å². The van der Waals surface area contributed by atoms with Crippen LogP contribution in [0.1, 0.15) is 188 Å². The topological polar surface area (TPSA) is 18.5 Å². The molecule has 0 fully saturated rings. The predicted molar refractivity (Wildman–Crippen MR) is 197 cm³/mol. The summed E-state index contributed by atoms with van der Waals surface area (Å²) in [7, 11) is 2.11. The number of hydroxylamine groups is 4. The van der Waals surface area contributed by atoms with Crippen molar-refractivity contribution in [2.45, 2.75) is 188 Å². The van der Waals surface area contributed by atoms with Crippen LogP contribution in [0.3, 0.4) is 0 Å². The Morgan fingerprint density at radius 1 is 0.364 bits per heavy atom. The lowest BCUT2D eigenvalue weighted by atomic mass is 10.1. The van der Waals surface area contributed by atoms with Crippen molar-refractivity contribution in [1.82, 2.24) is 0 Å². The number of allylic oxidation sites excluding steroid dienone is 8. The van der Waals surface area contributed by atoms with Crippen molar-refractivity contribution in [3.05, 3.63) is 48.6 Å². The van der Waals surface area contributed by atoms with Gasteiger partial charge in [0.1, 0.15) is 26.8 Å². The minimum atomic E-state index is 0.328. The molecule has 0 saturated heterocycles. The first kappa shape index (κ1) is 42.8. The van der Waals surface area contributed by atoms with Crippen LogP contribution in [0.5, 0.6) is 0 Å². The second kappa shape index (κ2) is 36.3. The Bertz CT molecular complexity index is 616.